The molecule has 1 aromatic carbocycles. The SMILES string of the molecule is Cc1[c-]c2nc(C)c(C)c(C)c2c(C)c1C.[CH3-].[Y]. The molecule has 0 unspecified atom stereocenters. The third-order valence-electron chi connectivity index (χ3n) is 3.80. The fourth-order valence-electron chi connectivity index (χ4n) is 2.23. The van der Waals surface area contributed by atoms with Crippen LogP contribution in [0.5, 0.6) is 0 Å². The predicted molar refractivity (Wildman–Crippen MR) is 75.4 cm³/mol. The van der Waals surface area contributed by atoms with Crippen LogP contribution in [0.25, 0.3) is 10.9 Å². The van der Waals surface area contributed by atoms with E-state index >= 15 is 0 Å². The van der Waals surface area contributed by atoms with Gasteiger partial charge in [0.05, 0.1) is 0 Å². The van der Waals surface area contributed by atoms with Crippen molar-refractivity contribution in [2.45, 2.75) is 41.5 Å². The van der Waals surface area contributed by atoms with Crippen LogP contribution in [-0.4, -0.2) is 4.98 Å². The topological polar surface area (TPSA) is 12.9 Å². The van der Waals surface area contributed by atoms with Gasteiger partial charge in [-0.25, -0.2) is 0 Å². The molecule has 0 N–H and O–H groups in total. The van der Waals surface area contributed by atoms with Crippen LogP contribution in [0.2, 0.25) is 0 Å². The minimum atomic E-state index is 0. The predicted octanol–water partition coefficient (Wildman–Crippen LogP) is 4.33. The molecule has 0 saturated carbocycles. The molecule has 1 nitrogen and oxygen atoms in total. The van der Waals surface area contributed by atoms with Crippen LogP contribution in [0.4, 0.5) is 0 Å². The number of hydrogen-bond donors (Lipinski definition) is 0. The molecule has 2 heteroatoms. The van der Waals surface area contributed by atoms with Crippen molar-refractivity contribution in [3.8, 4) is 0 Å². The van der Waals surface area contributed by atoms with Crippen LogP contribution in [0.15, 0.2) is 0 Å². The largest absolute Gasteiger partial charge is 0.358 e. The van der Waals surface area contributed by atoms with Gasteiger partial charge in [0.2, 0.25) is 0 Å². The molecule has 0 atom stereocenters. The Morgan fingerprint density at radius 3 is 1.83 bits per heavy atom. The molecule has 0 aliphatic rings. The minimum Gasteiger partial charge on any atom is -0.358 e. The molecular weight excluding hydrogens is 295 g/mol. The summed E-state index contributed by atoms with van der Waals surface area (Å²) in [6, 6.07) is 3.40. The Hall–Kier alpha value is -0.266. The van der Waals surface area contributed by atoms with Gasteiger partial charge in [-0.3, -0.25) is 4.98 Å². The van der Waals surface area contributed by atoms with Crippen molar-refractivity contribution < 1.29 is 32.7 Å². The van der Waals surface area contributed by atoms with E-state index in [0.717, 1.165) is 11.2 Å². The third-order valence-corrected chi connectivity index (χ3v) is 3.80. The molecule has 0 aliphatic heterocycles. The second-order valence-corrected chi connectivity index (χ2v) is 4.67. The summed E-state index contributed by atoms with van der Waals surface area (Å²) in [5.41, 5.74) is 8.66. The molecule has 1 aromatic heterocycles. The Labute approximate surface area is 136 Å². The van der Waals surface area contributed by atoms with E-state index < -0.39 is 0 Å². The molecule has 18 heavy (non-hydrogen) atoms. The molecule has 0 spiro atoms. The Bertz CT molecular complexity index is 537. The average Bonchev–Trinajstić information content (AvgIpc) is 2.23. The molecule has 0 bridgehead atoms. The van der Waals surface area contributed by atoms with Gasteiger partial charge >= 0.3 is 0 Å². The molecule has 2 rings (SSSR count). The second kappa shape index (κ2) is 6.26. The van der Waals surface area contributed by atoms with Gasteiger partial charge in [-0.05, 0) is 24.9 Å². The number of aromatic nitrogens is 1. The molecule has 0 saturated heterocycles. The number of hydrogen-bond acceptors (Lipinski definition) is 1. The summed E-state index contributed by atoms with van der Waals surface area (Å²) in [5, 5.41) is 1.28. The molecule has 1 radical (unpaired) electrons. The van der Waals surface area contributed by atoms with Crippen LogP contribution < -0.4 is 0 Å². The van der Waals surface area contributed by atoms with E-state index in [9.17, 15) is 0 Å². The van der Waals surface area contributed by atoms with Crippen molar-refractivity contribution >= 4 is 10.9 Å². The summed E-state index contributed by atoms with van der Waals surface area (Å²) in [6.45, 7) is 12.8. The van der Waals surface area contributed by atoms with E-state index in [2.05, 4.69) is 52.6 Å². The minimum absolute atomic E-state index is 0. The monoisotopic (exact) mass is 316 g/mol. The summed E-state index contributed by atoms with van der Waals surface area (Å²) >= 11 is 0. The van der Waals surface area contributed by atoms with Gasteiger partial charge in [0.1, 0.15) is 0 Å². The van der Waals surface area contributed by atoms with Gasteiger partial charge in [-0.1, -0.05) is 33.3 Å². The number of benzene rings is 1. The van der Waals surface area contributed by atoms with Crippen molar-refractivity contribution in [1.82, 2.24) is 4.98 Å². The summed E-state index contributed by atoms with van der Waals surface area (Å²) < 4.78 is 0. The fraction of sp³-hybridized carbons (Fsp3) is 0.375. The Morgan fingerprint density at radius 1 is 0.778 bits per heavy atom. The molecule has 95 valence electrons. The van der Waals surface area contributed by atoms with Crippen LogP contribution in [-0.2, 0) is 32.7 Å². The summed E-state index contributed by atoms with van der Waals surface area (Å²) in [5.74, 6) is 0. The summed E-state index contributed by atoms with van der Waals surface area (Å²) in [4.78, 5) is 4.64. The summed E-state index contributed by atoms with van der Waals surface area (Å²) in [6.07, 6.45) is 0. The van der Waals surface area contributed by atoms with Crippen molar-refractivity contribution in [3.63, 3.8) is 0 Å². The third kappa shape index (κ3) is 2.67. The van der Waals surface area contributed by atoms with Crippen LogP contribution in [0, 0.1) is 55.0 Å². The Balaban J connectivity index is 0.00000144. The maximum Gasteiger partial charge on any atom is 0.0375 e. The van der Waals surface area contributed by atoms with Gasteiger partial charge in [0, 0.05) is 38.4 Å². The zero-order valence-corrected chi connectivity index (χ0v) is 15.4. The molecule has 0 fully saturated rings. The van der Waals surface area contributed by atoms with Crippen molar-refractivity contribution in [2.24, 2.45) is 0 Å². The first-order valence-electron chi connectivity index (χ1n) is 5.70. The molecule has 0 amide bonds. The van der Waals surface area contributed by atoms with E-state index in [1.807, 2.05) is 0 Å². The normalized spacial score (nSPS) is 9.89. The van der Waals surface area contributed by atoms with Crippen LogP contribution >= 0.6 is 0 Å². The maximum absolute atomic E-state index is 4.64. The zero-order valence-electron chi connectivity index (χ0n) is 12.5. The van der Waals surface area contributed by atoms with Gasteiger partial charge in [0.15, 0.2) is 0 Å². The number of pyridine rings is 1. The van der Waals surface area contributed by atoms with Gasteiger partial charge in [-0.2, -0.15) is 17.2 Å². The van der Waals surface area contributed by atoms with E-state index in [-0.39, 0.29) is 40.1 Å². The maximum atomic E-state index is 4.64. The average molecular weight is 316 g/mol. The summed E-state index contributed by atoms with van der Waals surface area (Å²) in [7, 11) is 0. The van der Waals surface area contributed by atoms with Crippen molar-refractivity contribution in [2.75, 3.05) is 0 Å². The van der Waals surface area contributed by atoms with Gasteiger partial charge in [-0.15, -0.1) is 10.9 Å². The first kappa shape index (κ1) is 17.7. The standard InChI is InChI=1S/C15H18N.CH3.Y/c1-8-7-14-15(11(4)9(8)2)12(5)10(3)13(6)16-14;;/h1-6H3;1H3;/q2*-1;. The first-order valence-corrected chi connectivity index (χ1v) is 5.70. The molecule has 0 aliphatic carbocycles. The molecule has 2 aromatic rings. The molecular formula is C16H21NY-2. The smallest absolute Gasteiger partial charge is 0.0375 e. The Kier molecular flexibility index (Phi) is 6.16. The number of aryl methyl sites for hydroxylation is 4. The molecule has 1 heterocycles. The van der Waals surface area contributed by atoms with Crippen LogP contribution in [0.1, 0.15) is 33.5 Å². The van der Waals surface area contributed by atoms with Crippen molar-refractivity contribution in [3.05, 3.63) is 47.0 Å². The van der Waals surface area contributed by atoms with E-state index in [4.69, 9.17) is 0 Å². The van der Waals surface area contributed by atoms with E-state index in [0.29, 0.717) is 0 Å². The van der Waals surface area contributed by atoms with Gasteiger partial charge in [0.25, 0.3) is 0 Å². The van der Waals surface area contributed by atoms with Crippen LogP contribution in [0.3, 0.4) is 0 Å². The fourth-order valence-corrected chi connectivity index (χ4v) is 2.23. The number of nitrogens with zero attached hydrogens (tertiary/aromatic N) is 1. The number of fused-ring (bicyclic) bond motifs is 1. The van der Waals surface area contributed by atoms with E-state index in [1.54, 1.807) is 0 Å². The zero-order chi connectivity index (χ0) is 12.0. The second-order valence-electron chi connectivity index (χ2n) is 4.67. The first-order chi connectivity index (χ1) is 7.43. The van der Waals surface area contributed by atoms with Crippen molar-refractivity contribution in [1.29, 1.82) is 0 Å². The Morgan fingerprint density at radius 2 is 1.28 bits per heavy atom. The van der Waals surface area contributed by atoms with E-state index in [1.165, 1.54) is 33.2 Å². The number of rotatable bonds is 0. The van der Waals surface area contributed by atoms with Gasteiger partial charge < -0.3 is 7.43 Å². The quantitative estimate of drug-likeness (QED) is 0.659.